The standard InChI is InChI=1S/C9H9NO/c11-6-8-9(10-8)7-4-2-1-3-5-7/h1-6,8-10H/t8-,9?/m1/s1. The zero-order valence-corrected chi connectivity index (χ0v) is 6.03. The Kier molecular flexibility index (Phi) is 1.47. The van der Waals surface area contributed by atoms with Crippen molar-refractivity contribution in [2.75, 3.05) is 0 Å². The summed E-state index contributed by atoms with van der Waals surface area (Å²) in [6.07, 6.45) is 0.956. The van der Waals surface area contributed by atoms with Crippen molar-refractivity contribution < 1.29 is 4.79 Å². The predicted molar refractivity (Wildman–Crippen MR) is 42.2 cm³/mol. The molecule has 2 atom stereocenters. The maximum absolute atomic E-state index is 10.3. The van der Waals surface area contributed by atoms with Gasteiger partial charge in [0.2, 0.25) is 0 Å². The third kappa shape index (κ3) is 1.17. The molecule has 0 aromatic heterocycles. The van der Waals surface area contributed by atoms with Gasteiger partial charge < -0.3 is 4.79 Å². The Morgan fingerprint density at radius 3 is 2.55 bits per heavy atom. The average molecular weight is 147 g/mol. The molecule has 1 aromatic carbocycles. The van der Waals surface area contributed by atoms with Gasteiger partial charge in [0.25, 0.3) is 0 Å². The van der Waals surface area contributed by atoms with Crippen molar-refractivity contribution in [1.82, 2.24) is 5.32 Å². The number of benzene rings is 1. The number of nitrogens with one attached hydrogen (secondary N) is 1. The van der Waals surface area contributed by atoms with Gasteiger partial charge in [-0.15, -0.1) is 0 Å². The third-order valence-corrected chi connectivity index (χ3v) is 1.93. The zero-order chi connectivity index (χ0) is 7.68. The van der Waals surface area contributed by atoms with Gasteiger partial charge in [-0.2, -0.15) is 0 Å². The average Bonchev–Trinajstić information content (AvgIpc) is 2.85. The molecule has 56 valence electrons. The topological polar surface area (TPSA) is 39.0 Å². The van der Waals surface area contributed by atoms with Crippen LogP contribution in [0.2, 0.25) is 0 Å². The van der Waals surface area contributed by atoms with Gasteiger partial charge in [0, 0.05) is 0 Å². The maximum Gasteiger partial charge on any atom is 0.138 e. The monoisotopic (exact) mass is 147 g/mol. The highest BCUT2D eigenvalue weighted by molar-refractivity contribution is 5.65. The highest BCUT2D eigenvalue weighted by Crippen LogP contribution is 2.27. The van der Waals surface area contributed by atoms with E-state index < -0.39 is 0 Å². The summed E-state index contributed by atoms with van der Waals surface area (Å²) in [5.74, 6) is 0. The fourth-order valence-corrected chi connectivity index (χ4v) is 1.23. The van der Waals surface area contributed by atoms with Crippen LogP contribution < -0.4 is 5.32 Å². The fraction of sp³-hybridized carbons (Fsp3) is 0.222. The Morgan fingerprint density at radius 1 is 1.27 bits per heavy atom. The summed E-state index contributed by atoms with van der Waals surface area (Å²) in [6.45, 7) is 0. The smallest absolute Gasteiger partial charge is 0.138 e. The molecule has 1 heterocycles. The molecular weight excluding hydrogens is 138 g/mol. The lowest BCUT2D eigenvalue weighted by Crippen LogP contribution is -1.89. The Hall–Kier alpha value is -1.15. The van der Waals surface area contributed by atoms with Gasteiger partial charge in [-0.05, 0) is 5.56 Å². The SMILES string of the molecule is O=C[C@H]1NC1c1ccccc1. The fourth-order valence-electron chi connectivity index (χ4n) is 1.23. The molecule has 0 saturated carbocycles. The van der Waals surface area contributed by atoms with Crippen LogP contribution in [0.15, 0.2) is 30.3 Å². The van der Waals surface area contributed by atoms with Gasteiger partial charge in [0.05, 0.1) is 12.1 Å². The van der Waals surface area contributed by atoms with Crippen LogP contribution >= 0.6 is 0 Å². The predicted octanol–water partition coefficient (Wildman–Crippen LogP) is 0.898. The largest absolute Gasteiger partial charge is 0.302 e. The zero-order valence-electron chi connectivity index (χ0n) is 6.03. The van der Waals surface area contributed by atoms with E-state index in [1.165, 1.54) is 5.56 Å². The molecule has 0 radical (unpaired) electrons. The van der Waals surface area contributed by atoms with E-state index in [0.717, 1.165) is 6.29 Å². The van der Waals surface area contributed by atoms with Crippen LogP contribution in [0, 0.1) is 0 Å². The molecule has 1 aliphatic heterocycles. The maximum atomic E-state index is 10.3. The number of aldehydes is 1. The van der Waals surface area contributed by atoms with E-state index in [4.69, 9.17) is 0 Å². The van der Waals surface area contributed by atoms with Gasteiger partial charge in [0.15, 0.2) is 0 Å². The molecule has 0 bridgehead atoms. The van der Waals surface area contributed by atoms with Crippen molar-refractivity contribution in [2.45, 2.75) is 12.1 Å². The minimum atomic E-state index is 0.0531. The molecule has 1 aliphatic rings. The molecule has 11 heavy (non-hydrogen) atoms. The van der Waals surface area contributed by atoms with Crippen molar-refractivity contribution in [3.8, 4) is 0 Å². The van der Waals surface area contributed by atoms with E-state index in [2.05, 4.69) is 5.32 Å². The van der Waals surface area contributed by atoms with Gasteiger partial charge in [-0.3, -0.25) is 5.32 Å². The Labute approximate surface area is 65.2 Å². The third-order valence-electron chi connectivity index (χ3n) is 1.93. The van der Waals surface area contributed by atoms with E-state index in [1.54, 1.807) is 0 Å². The van der Waals surface area contributed by atoms with Gasteiger partial charge in [-0.1, -0.05) is 30.3 Å². The van der Waals surface area contributed by atoms with Crippen LogP contribution in [0.3, 0.4) is 0 Å². The van der Waals surface area contributed by atoms with Gasteiger partial charge in [-0.25, -0.2) is 0 Å². The molecule has 2 heteroatoms. The first-order chi connectivity index (χ1) is 5.42. The Balaban J connectivity index is 2.14. The van der Waals surface area contributed by atoms with E-state index in [1.807, 2.05) is 30.3 Å². The molecule has 0 amide bonds. The molecule has 1 N–H and O–H groups in total. The summed E-state index contributed by atoms with van der Waals surface area (Å²) in [6, 6.07) is 10.3. The number of carbonyl (C=O) groups is 1. The first-order valence-corrected chi connectivity index (χ1v) is 3.68. The van der Waals surface area contributed by atoms with Crippen LogP contribution in [-0.2, 0) is 4.79 Å². The van der Waals surface area contributed by atoms with Gasteiger partial charge >= 0.3 is 0 Å². The van der Waals surface area contributed by atoms with Crippen LogP contribution in [-0.4, -0.2) is 12.3 Å². The highest BCUT2D eigenvalue weighted by atomic mass is 16.1. The van der Waals surface area contributed by atoms with Crippen LogP contribution in [0.25, 0.3) is 0 Å². The van der Waals surface area contributed by atoms with E-state index >= 15 is 0 Å². The Bertz CT molecular complexity index is 258. The number of rotatable bonds is 2. The molecule has 2 nitrogen and oxygen atoms in total. The van der Waals surface area contributed by atoms with Crippen molar-refractivity contribution in [2.24, 2.45) is 0 Å². The molecule has 1 saturated heterocycles. The lowest BCUT2D eigenvalue weighted by molar-refractivity contribution is -0.107. The summed E-state index contributed by atoms with van der Waals surface area (Å²) in [5, 5.41) is 3.07. The Morgan fingerprint density at radius 2 is 2.00 bits per heavy atom. The number of hydrogen-bond acceptors (Lipinski definition) is 2. The molecule has 1 fully saturated rings. The first kappa shape index (κ1) is 6.55. The molecule has 0 aliphatic carbocycles. The summed E-state index contributed by atoms with van der Waals surface area (Å²) in [5.41, 5.74) is 1.20. The molecule has 0 spiro atoms. The minimum Gasteiger partial charge on any atom is -0.302 e. The van der Waals surface area contributed by atoms with E-state index in [-0.39, 0.29) is 12.1 Å². The normalized spacial score (nSPS) is 28.0. The molecule has 1 unspecified atom stereocenters. The van der Waals surface area contributed by atoms with Crippen molar-refractivity contribution >= 4 is 6.29 Å². The second-order valence-electron chi connectivity index (χ2n) is 2.72. The summed E-state index contributed by atoms with van der Waals surface area (Å²) < 4.78 is 0. The summed E-state index contributed by atoms with van der Waals surface area (Å²) >= 11 is 0. The first-order valence-electron chi connectivity index (χ1n) is 3.68. The van der Waals surface area contributed by atoms with E-state index in [0.29, 0.717) is 0 Å². The molecule has 2 rings (SSSR count). The quantitative estimate of drug-likeness (QED) is 0.498. The van der Waals surface area contributed by atoms with Crippen LogP contribution in [0.1, 0.15) is 11.6 Å². The molecule has 1 aromatic rings. The van der Waals surface area contributed by atoms with E-state index in [9.17, 15) is 4.79 Å². The van der Waals surface area contributed by atoms with Crippen molar-refractivity contribution in [3.63, 3.8) is 0 Å². The van der Waals surface area contributed by atoms with Crippen LogP contribution in [0.4, 0.5) is 0 Å². The van der Waals surface area contributed by atoms with Crippen molar-refractivity contribution in [3.05, 3.63) is 35.9 Å². The summed E-state index contributed by atoms with van der Waals surface area (Å²) in [7, 11) is 0. The lowest BCUT2D eigenvalue weighted by Gasteiger charge is -1.92. The highest BCUT2D eigenvalue weighted by Gasteiger charge is 2.36. The lowest BCUT2D eigenvalue weighted by atomic mass is 10.1. The van der Waals surface area contributed by atoms with Crippen LogP contribution in [0.5, 0.6) is 0 Å². The second kappa shape index (κ2) is 2.47. The molecular formula is C9H9NO. The van der Waals surface area contributed by atoms with Gasteiger partial charge in [0.1, 0.15) is 6.29 Å². The summed E-state index contributed by atoms with van der Waals surface area (Å²) in [4.78, 5) is 10.3. The second-order valence-corrected chi connectivity index (χ2v) is 2.72. The van der Waals surface area contributed by atoms with Crippen molar-refractivity contribution in [1.29, 1.82) is 0 Å². The number of carbonyl (C=O) groups excluding carboxylic acids is 1. The number of hydrogen-bond donors (Lipinski definition) is 1. The minimum absolute atomic E-state index is 0.0531.